The first-order valence-electron chi connectivity index (χ1n) is 8.34. The Kier molecular flexibility index (Phi) is 5.14. The van der Waals surface area contributed by atoms with Gasteiger partial charge in [0.15, 0.2) is 0 Å². The lowest BCUT2D eigenvalue weighted by molar-refractivity contribution is -0.148. The Balaban J connectivity index is 1.68. The highest BCUT2D eigenvalue weighted by atomic mass is 19.4. The fourth-order valence-electron chi connectivity index (χ4n) is 3.17. The molecule has 1 aliphatic heterocycles. The first kappa shape index (κ1) is 18.2. The third kappa shape index (κ3) is 4.33. The third-order valence-electron chi connectivity index (χ3n) is 4.50. The van der Waals surface area contributed by atoms with Crippen molar-refractivity contribution >= 4 is 16.7 Å². The molecule has 0 atom stereocenters. The summed E-state index contributed by atoms with van der Waals surface area (Å²) in [7, 11) is 0. The average Bonchev–Trinajstić information content (AvgIpc) is 2.60. The number of hydrogen-bond acceptors (Lipinski definition) is 3. The quantitative estimate of drug-likeness (QED) is 0.843. The molecule has 0 unspecified atom stereocenters. The molecule has 1 heterocycles. The van der Waals surface area contributed by atoms with E-state index in [0.29, 0.717) is 12.0 Å². The van der Waals surface area contributed by atoms with E-state index in [2.05, 4.69) is 6.07 Å². The van der Waals surface area contributed by atoms with Crippen LogP contribution in [0.1, 0.15) is 15.9 Å². The zero-order valence-electron chi connectivity index (χ0n) is 14.1. The van der Waals surface area contributed by atoms with Gasteiger partial charge in [0.1, 0.15) is 0 Å². The normalized spacial score (nSPS) is 15.8. The molecule has 1 saturated heterocycles. The summed E-state index contributed by atoms with van der Waals surface area (Å²) >= 11 is 0. The maximum absolute atomic E-state index is 12.6. The van der Waals surface area contributed by atoms with Crippen LogP contribution in [0.15, 0.2) is 36.4 Å². The van der Waals surface area contributed by atoms with Crippen LogP contribution in [-0.4, -0.2) is 54.6 Å². The Morgan fingerprint density at radius 3 is 2.35 bits per heavy atom. The number of carbonyl (C=O) groups is 1. The minimum absolute atomic E-state index is 0.167. The summed E-state index contributed by atoms with van der Waals surface area (Å²) in [6, 6.07) is 13.1. The average molecular weight is 361 g/mol. The zero-order chi connectivity index (χ0) is 18.7. The molecule has 0 aliphatic carbocycles. The van der Waals surface area contributed by atoms with Crippen molar-refractivity contribution in [3.8, 4) is 6.07 Å². The van der Waals surface area contributed by atoms with Gasteiger partial charge in [0.2, 0.25) is 0 Å². The van der Waals surface area contributed by atoms with E-state index in [1.54, 1.807) is 17.0 Å². The van der Waals surface area contributed by atoms with Crippen LogP contribution < -0.4 is 0 Å². The molecule has 0 radical (unpaired) electrons. The van der Waals surface area contributed by atoms with Gasteiger partial charge in [-0.15, -0.1) is 0 Å². The van der Waals surface area contributed by atoms with Gasteiger partial charge >= 0.3 is 6.18 Å². The highest BCUT2D eigenvalue weighted by molar-refractivity contribution is 5.98. The molecular weight excluding hydrogens is 343 g/mol. The van der Waals surface area contributed by atoms with Crippen LogP contribution in [0.4, 0.5) is 13.2 Å². The van der Waals surface area contributed by atoms with Gasteiger partial charge in [0.05, 0.1) is 19.0 Å². The number of piperazine rings is 1. The van der Waals surface area contributed by atoms with Crippen molar-refractivity contribution in [2.45, 2.75) is 12.6 Å². The van der Waals surface area contributed by atoms with E-state index in [1.807, 2.05) is 24.3 Å². The molecule has 0 aromatic heterocycles. The van der Waals surface area contributed by atoms with Crippen molar-refractivity contribution in [3.05, 3.63) is 47.5 Å². The number of hydrogen-bond donors (Lipinski definition) is 0. The molecule has 26 heavy (non-hydrogen) atoms. The third-order valence-corrected chi connectivity index (χ3v) is 4.50. The van der Waals surface area contributed by atoms with Crippen LogP contribution in [0.3, 0.4) is 0 Å². The number of amides is 1. The fraction of sp³-hybridized carbons (Fsp3) is 0.368. The SMILES string of the molecule is N#CCc1ccc2cc(C(=O)N3CCN(CC(F)(F)F)CC3)ccc2c1. The highest BCUT2D eigenvalue weighted by Gasteiger charge is 2.33. The summed E-state index contributed by atoms with van der Waals surface area (Å²) in [6.07, 6.45) is -3.88. The molecule has 2 aromatic carbocycles. The standard InChI is InChI=1S/C19H18F3N3O/c20-19(21,22)13-24-7-9-25(10-8-24)18(26)17-4-3-15-11-14(5-6-23)1-2-16(15)12-17/h1-4,11-12H,5,7-10,13H2. The molecule has 1 aliphatic rings. The lowest BCUT2D eigenvalue weighted by atomic mass is 10.0. The van der Waals surface area contributed by atoms with E-state index in [1.165, 1.54) is 4.90 Å². The molecule has 1 fully saturated rings. The summed E-state index contributed by atoms with van der Waals surface area (Å²) < 4.78 is 37.3. The van der Waals surface area contributed by atoms with Crippen molar-refractivity contribution in [1.82, 2.24) is 9.80 Å². The maximum atomic E-state index is 12.6. The Labute approximate surface area is 149 Å². The minimum Gasteiger partial charge on any atom is -0.336 e. The lowest BCUT2D eigenvalue weighted by Crippen LogP contribution is -2.50. The summed E-state index contributed by atoms with van der Waals surface area (Å²) in [5.41, 5.74) is 1.44. The van der Waals surface area contributed by atoms with Crippen molar-refractivity contribution in [1.29, 1.82) is 5.26 Å². The second-order valence-electron chi connectivity index (χ2n) is 6.41. The van der Waals surface area contributed by atoms with Crippen molar-refractivity contribution in [2.24, 2.45) is 0 Å². The molecule has 4 nitrogen and oxygen atoms in total. The monoisotopic (exact) mass is 361 g/mol. The molecule has 0 N–H and O–H groups in total. The number of carbonyl (C=O) groups excluding carboxylic acids is 1. The van der Waals surface area contributed by atoms with Crippen LogP contribution >= 0.6 is 0 Å². The number of rotatable bonds is 3. The van der Waals surface area contributed by atoms with Crippen molar-refractivity contribution in [3.63, 3.8) is 0 Å². The molecule has 136 valence electrons. The van der Waals surface area contributed by atoms with Gasteiger partial charge in [0, 0.05) is 31.7 Å². The number of halogens is 3. The number of nitriles is 1. The van der Waals surface area contributed by atoms with Gasteiger partial charge in [-0.3, -0.25) is 9.69 Å². The Morgan fingerprint density at radius 2 is 1.69 bits per heavy atom. The summed E-state index contributed by atoms with van der Waals surface area (Å²) in [4.78, 5) is 15.6. The lowest BCUT2D eigenvalue weighted by Gasteiger charge is -2.35. The number of fused-ring (bicyclic) bond motifs is 1. The molecule has 7 heteroatoms. The molecule has 3 rings (SSSR count). The molecule has 0 spiro atoms. The van der Waals surface area contributed by atoms with E-state index < -0.39 is 12.7 Å². The molecule has 0 saturated carbocycles. The van der Waals surface area contributed by atoms with Crippen molar-refractivity contribution in [2.75, 3.05) is 32.7 Å². The van der Waals surface area contributed by atoms with E-state index in [-0.39, 0.29) is 32.1 Å². The topological polar surface area (TPSA) is 47.3 Å². The number of nitrogens with zero attached hydrogens (tertiary/aromatic N) is 3. The molecule has 0 bridgehead atoms. The second-order valence-corrected chi connectivity index (χ2v) is 6.41. The van der Waals surface area contributed by atoms with Crippen LogP contribution in [0.2, 0.25) is 0 Å². The Hall–Kier alpha value is -2.59. The predicted octanol–water partition coefficient (Wildman–Crippen LogP) is 3.23. The van der Waals surface area contributed by atoms with Gasteiger partial charge in [-0.05, 0) is 28.5 Å². The van der Waals surface area contributed by atoms with Crippen LogP contribution in [0.25, 0.3) is 10.8 Å². The Morgan fingerprint density at radius 1 is 1.04 bits per heavy atom. The maximum Gasteiger partial charge on any atom is 0.401 e. The predicted molar refractivity (Wildman–Crippen MR) is 91.7 cm³/mol. The van der Waals surface area contributed by atoms with Gasteiger partial charge < -0.3 is 4.90 Å². The summed E-state index contributed by atoms with van der Waals surface area (Å²) in [5.74, 6) is -0.167. The molecular formula is C19H18F3N3O. The van der Waals surface area contributed by atoms with E-state index in [4.69, 9.17) is 5.26 Å². The highest BCUT2D eigenvalue weighted by Crippen LogP contribution is 2.21. The zero-order valence-corrected chi connectivity index (χ0v) is 14.1. The fourth-order valence-corrected chi connectivity index (χ4v) is 3.17. The van der Waals surface area contributed by atoms with Crippen LogP contribution in [0, 0.1) is 11.3 Å². The van der Waals surface area contributed by atoms with E-state index >= 15 is 0 Å². The first-order valence-corrected chi connectivity index (χ1v) is 8.34. The Bertz CT molecular complexity index is 849. The number of alkyl halides is 3. The summed E-state index contributed by atoms with van der Waals surface area (Å²) in [6.45, 7) is 0.0743. The van der Waals surface area contributed by atoms with Gasteiger partial charge in [-0.1, -0.05) is 24.3 Å². The minimum atomic E-state index is -4.21. The largest absolute Gasteiger partial charge is 0.401 e. The van der Waals surface area contributed by atoms with Gasteiger partial charge in [0.25, 0.3) is 5.91 Å². The first-order chi connectivity index (χ1) is 12.4. The van der Waals surface area contributed by atoms with Crippen LogP contribution in [0.5, 0.6) is 0 Å². The number of benzene rings is 2. The van der Waals surface area contributed by atoms with Gasteiger partial charge in [-0.25, -0.2) is 0 Å². The van der Waals surface area contributed by atoms with Crippen LogP contribution in [-0.2, 0) is 6.42 Å². The molecule has 2 aromatic rings. The second kappa shape index (κ2) is 7.34. The van der Waals surface area contributed by atoms with Crippen molar-refractivity contribution < 1.29 is 18.0 Å². The smallest absolute Gasteiger partial charge is 0.336 e. The summed E-state index contributed by atoms with van der Waals surface area (Å²) in [5, 5.41) is 10.6. The van der Waals surface area contributed by atoms with E-state index in [0.717, 1.165) is 16.3 Å². The molecule has 1 amide bonds. The van der Waals surface area contributed by atoms with Gasteiger partial charge in [-0.2, -0.15) is 18.4 Å². The van der Waals surface area contributed by atoms with E-state index in [9.17, 15) is 18.0 Å².